The lowest BCUT2D eigenvalue weighted by Crippen LogP contribution is -2.09. The van der Waals surface area contributed by atoms with Crippen LogP contribution in [-0.4, -0.2) is 24.4 Å². The van der Waals surface area contributed by atoms with Crippen LogP contribution in [0.25, 0.3) is 0 Å². The Hall–Kier alpha value is -1.13. The van der Waals surface area contributed by atoms with Crippen LogP contribution in [-0.2, 0) is 5.60 Å². The van der Waals surface area contributed by atoms with Crippen LogP contribution in [0, 0.1) is 0 Å². The first-order chi connectivity index (χ1) is 7.53. The summed E-state index contributed by atoms with van der Waals surface area (Å²) in [5.41, 5.74) is -0.581. The largest absolute Gasteiger partial charge is 0.506 e. The van der Waals surface area contributed by atoms with Gasteiger partial charge in [-0.2, -0.15) is 0 Å². The molecule has 1 aromatic rings. The summed E-state index contributed by atoms with van der Waals surface area (Å²) in [5, 5.41) is 19.9. The minimum Gasteiger partial charge on any atom is -0.506 e. The highest BCUT2D eigenvalue weighted by Gasteiger charge is 2.47. The van der Waals surface area contributed by atoms with E-state index >= 15 is 0 Å². The SMILES string of the molecule is COc1cc(O)c(Cl)c(C2(O)CC2)c1OC. The zero-order chi connectivity index (χ0) is 11.9. The summed E-state index contributed by atoms with van der Waals surface area (Å²) in [4.78, 5) is 0. The second-order valence-electron chi connectivity index (χ2n) is 3.85. The average Bonchev–Trinajstić information content (AvgIpc) is 3.00. The van der Waals surface area contributed by atoms with E-state index in [9.17, 15) is 10.2 Å². The van der Waals surface area contributed by atoms with E-state index in [4.69, 9.17) is 21.1 Å². The fourth-order valence-electron chi connectivity index (χ4n) is 1.74. The third-order valence-corrected chi connectivity index (χ3v) is 3.16. The Morgan fingerprint density at radius 1 is 1.31 bits per heavy atom. The molecule has 0 atom stereocenters. The van der Waals surface area contributed by atoms with Gasteiger partial charge in [0.2, 0.25) is 0 Å². The van der Waals surface area contributed by atoms with Crippen LogP contribution >= 0.6 is 11.6 Å². The molecule has 2 N–H and O–H groups in total. The summed E-state index contributed by atoms with van der Waals surface area (Å²) in [6.07, 6.45) is 1.21. The molecule has 0 aliphatic heterocycles. The van der Waals surface area contributed by atoms with E-state index in [2.05, 4.69) is 0 Å². The number of phenols is 1. The zero-order valence-electron chi connectivity index (χ0n) is 9.08. The molecule has 0 saturated heterocycles. The summed E-state index contributed by atoms with van der Waals surface area (Å²) >= 11 is 5.99. The van der Waals surface area contributed by atoms with Crippen LogP contribution in [0.4, 0.5) is 0 Å². The molecular formula is C11H13ClO4. The predicted molar refractivity (Wildman–Crippen MR) is 59.4 cm³/mol. The predicted octanol–water partition coefficient (Wildman–Crippen LogP) is 2.04. The van der Waals surface area contributed by atoms with E-state index in [1.54, 1.807) is 0 Å². The molecular weight excluding hydrogens is 232 g/mol. The molecule has 1 saturated carbocycles. The van der Waals surface area contributed by atoms with Gasteiger partial charge in [-0.25, -0.2) is 0 Å². The second kappa shape index (κ2) is 3.71. The molecule has 0 spiro atoms. The van der Waals surface area contributed by atoms with Gasteiger partial charge in [0.05, 0.1) is 30.4 Å². The minimum atomic E-state index is -0.992. The number of hydrogen-bond donors (Lipinski definition) is 2. The summed E-state index contributed by atoms with van der Waals surface area (Å²) < 4.78 is 10.3. The topological polar surface area (TPSA) is 58.9 Å². The maximum Gasteiger partial charge on any atom is 0.168 e. The van der Waals surface area contributed by atoms with E-state index in [0.29, 0.717) is 29.9 Å². The van der Waals surface area contributed by atoms with Gasteiger partial charge in [-0.15, -0.1) is 0 Å². The molecule has 0 unspecified atom stereocenters. The lowest BCUT2D eigenvalue weighted by Gasteiger charge is -2.18. The van der Waals surface area contributed by atoms with E-state index in [1.165, 1.54) is 20.3 Å². The summed E-state index contributed by atoms with van der Waals surface area (Å²) in [7, 11) is 2.94. The van der Waals surface area contributed by atoms with Crippen LogP contribution in [0.2, 0.25) is 5.02 Å². The Morgan fingerprint density at radius 2 is 1.94 bits per heavy atom. The number of ether oxygens (including phenoxy) is 2. The van der Waals surface area contributed by atoms with Gasteiger partial charge >= 0.3 is 0 Å². The molecule has 4 nitrogen and oxygen atoms in total. The third-order valence-electron chi connectivity index (χ3n) is 2.78. The monoisotopic (exact) mass is 244 g/mol. The summed E-state index contributed by atoms with van der Waals surface area (Å²) in [6.45, 7) is 0. The van der Waals surface area contributed by atoms with Gasteiger partial charge in [-0.3, -0.25) is 0 Å². The van der Waals surface area contributed by atoms with Crippen molar-refractivity contribution < 1.29 is 19.7 Å². The number of hydrogen-bond acceptors (Lipinski definition) is 4. The molecule has 1 fully saturated rings. The molecule has 0 heterocycles. The standard InChI is InChI=1S/C11H13ClO4/c1-15-7-5-6(13)9(12)8(10(7)16-2)11(14)3-4-11/h5,13-14H,3-4H2,1-2H3. The number of phenolic OH excluding ortho intramolecular Hbond substituents is 1. The van der Waals surface area contributed by atoms with Crippen molar-refractivity contribution in [2.24, 2.45) is 0 Å². The molecule has 0 aromatic heterocycles. The highest BCUT2D eigenvalue weighted by molar-refractivity contribution is 6.33. The van der Waals surface area contributed by atoms with Crippen molar-refractivity contribution in [2.75, 3.05) is 14.2 Å². The Bertz CT molecular complexity index is 426. The van der Waals surface area contributed by atoms with Crippen molar-refractivity contribution >= 4 is 11.6 Å². The van der Waals surface area contributed by atoms with Gasteiger partial charge in [0, 0.05) is 6.07 Å². The Kier molecular flexibility index (Phi) is 2.64. The molecule has 88 valence electrons. The molecule has 0 bridgehead atoms. The lowest BCUT2D eigenvalue weighted by molar-refractivity contribution is 0.146. The van der Waals surface area contributed by atoms with Crippen molar-refractivity contribution in [1.82, 2.24) is 0 Å². The van der Waals surface area contributed by atoms with Gasteiger partial charge in [0.1, 0.15) is 5.75 Å². The van der Waals surface area contributed by atoms with Crippen LogP contribution in [0.3, 0.4) is 0 Å². The quantitative estimate of drug-likeness (QED) is 0.854. The highest BCUT2D eigenvalue weighted by atomic mass is 35.5. The minimum absolute atomic E-state index is 0.116. The Morgan fingerprint density at radius 3 is 2.38 bits per heavy atom. The van der Waals surface area contributed by atoms with Crippen molar-refractivity contribution in [3.63, 3.8) is 0 Å². The van der Waals surface area contributed by atoms with E-state index in [0.717, 1.165) is 0 Å². The number of aliphatic hydroxyl groups is 1. The molecule has 2 rings (SSSR count). The lowest BCUT2D eigenvalue weighted by atomic mass is 10.0. The molecule has 1 aliphatic carbocycles. The number of methoxy groups -OCH3 is 2. The van der Waals surface area contributed by atoms with Gasteiger partial charge in [0.25, 0.3) is 0 Å². The van der Waals surface area contributed by atoms with E-state index in [-0.39, 0.29) is 10.8 Å². The second-order valence-corrected chi connectivity index (χ2v) is 4.23. The van der Waals surface area contributed by atoms with E-state index in [1.807, 2.05) is 0 Å². The molecule has 16 heavy (non-hydrogen) atoms. The Labute approximate surface area is 98.4 Å². The van der Waals surface area contributed by atoms with Crippen molar-refractivity contribution in [2.45, 2.75) is 18.4 Å². The Balaban J connectivity index is 2.67. The molecule has 0 amide bonds. The van der Waals surface area contributed by atoms with Gasteiger partial charge in [0.15, 0.2) is 11.5 Å². The highest BCUT2D eigenvalue weighted by Crippen LogP contribution is 2.55. The number of benzene rings is 1. The smallest absolute Gasteiger partial charge is 0.168 e. The van der Waals surface area contributed by atoms with Gasteiger partial charge in [-0.1, -0.05) is 11.6 Å². The first-order valence-electron chi connectivity index (χ1n) is 4.90. The third kappa shape index (κ3) is 1.58. The van der Waals surface area contributed by atoms with Gasteiger partial charge in [-0.05, 0) is 12.8 Å². The number of rotatable bonds is 3. The fraction of sp³-hybridized carbons (Fsp3) is 0.455. The van der Waals surface area contributed by atoms with Crippen LogP contribution in [0.1, 0.15) is 18.4 Å². The van der Waals surface area contributed by atoms with Gasteiger partial charge < -0.3 is 19.7 Å². The normalized spacial score (nSPS) is 17.0. The first kappa shape index (κ1) is 11.4. The average molecular weight is 245 g/mol. The molecule has 0 radical (unpaired) electrons. The zero-order valence-corrected chi connectivity index (χ0v) is 9.84. The molecule has 1 aliphatic rings. The fourth-order valence-corrected chi connectivity index (χ4v) is 2.06. The van der Waals surface area contributed by atoms with Crippen LogP contribution in [0.5, 0.6) is 17.2 Å². The molecule has 5 heteroatoms. The maximum absolute atomic E-state index is 10.1. The van der Waals surface area contributed by atoms with Crippen molar-refractivity contribution in [1.29, 1.82) is 0 Å². The van der Waals surface area contributed by atoms with Crippen molar-refractivity contribution in [3.05, 3.63) is 16.7 Å². The number of aromatic hydroxyl groups is 1. The van der Waals surface area contributed by atoms with Crippen LogP contribution in [0.15, 0.2) is 6.07 Å². The van der Waals surface area contributed by atoms with Crippen molar-refractivity contribution in [3.8, 4) is 17.2 Å². The summed E-state index contributed by atoms with van der Waals surface area (Å²) in [6, 6.07) is 1.37. The number of halogens is 1. The maximum atomic E-state index is 10.1. The summed E-state index contributed by atoms with van der Waals surface area (Å²) in [5.74, 6) is 0.625. The van der Waals surface area contributed by atoms with E-state index < -0.39 is 5.60 Å². The first-order valence-corrected chi connectivity index (χ1v) is 5.27. The molecule has 1 aromatic carbocycles. The van der Waals surface area contributed by atoms with Crippen LogP contribution < -0.4 is 9.47 Å².